The number of hydrogen-bond donors (Lipinski definition) is 1. The van der Waals surface area contributed by atoms with Crippen LogP contribution in [0, 0.1) is 5.82 Å². The van der Waals surface area contributed by atoms with Crippen LogP contribution in [0.3, 0.4) is 0 Å². The Bertz CT molecular complexity index is 673. The van der Waals surface area contributed by atoms with Crippen molar-refractivity contribution < 1.29 is 9.18 Å². The molecule has 0 saturated carbocycles. The van der Waals surface area contributed by atoms with Crippen molar-refractivity contribution in [3.8, 4) is 0 Å². The normalized spacial score (nSPS) is 12.2. The Morgan fingerprint density at radius 3 is 2.60 bits per heavy atom. The summed E-state index contributed by atoms with van der Waals surface area (Å²) in [5, 5.41) is 3.37. The molecule has 0 unspecified atom stereocenters. The van der Waals surface area contributed by atoms with Gasteiger partial charge in [0, 0.05) is 23.2 Å². The van der Waals surface area contributed by atoms with Crippen LogP contribution in [0.15, 0.2) is 48.5 Å². The zero-order chi connectivity index (χ0) is 18.2. The van der Waals surface area contributed by atoms with E-state index in [9.17, 15) is 9.18 Å². The van der Waals surface area contributed by atoms with Crippen LogP contribution in [0.1, 0.15) is 24.5 Å². The highest BCUT2D eigenvalue weighted by Gasteiger charge is 2.14. The summed E-state index contributed by atoms with van der Waals surface area (Å²) in [5.41, 5.74) is 1.67. The fraction of sp³-hybridized carbons (Fsp3) is 0.350. The molecule has 2 aromatic carbocycles. The molecule has 0 heterocycles. The van der Waals surface area contributed by atoms with Crippen molar-refractivity contribution >= 4 is 17.5 Å². The molecule has 2 aromatic rings. The molecule has 2 rings (SSSR count). The molecule has 0 aliphatic rings. The smallest absolute Gasteiger partial charge is 0.234 e. The van der Waals surface area contributed by atoms with Crippen LogP contribution in [-0.2, 0) is 17.8 Å². The van der Waals surface area contributed by atoms with E-state index in [1.54, 1.807) is 24.1 Å². The fourth-order valence-electron chi connectivity index (χ4n) is 2.67. The zero-order valence-electron chi connectivity index (χ0n) is 14.6. The number of aryl methyl sites for hydroxylation is 1. The number of amides is 1. The first-order valence-electron chi connectivity index (χ1n) is 8.40. The molecule has 0 fully saturated rings. The quantitative estimate of drug-likeness (QED) is 0.768. The van der Waals surface area contributed by atoms with Gasteiger partial charge in [-0.25, -0.2) is 4.39 Å². The molecule has 0 saturated heterocycles. The van der Waals surface area contributed by atoms with Gasteiger partial charge in [-0.3, -0.25) is 9.69 Å². The molecule has 5 heteroatoms. The van der Waals surface area contributed by atoms with E-state index in [0.717, 1.165) is 12.8 Å². The molecule has 25 heavy (non-hydrogen) atoms. The molecule has 134 valence electrons. The third-order valence-corrected chi connectivity index (χ3v) is 4.37. The Hall–Kier alpha value is -1.91. The lowest BCUT2D eigenvalue weighted by Gasteiger charge is -2.20. The molecule has 0 bridgehead atoms. The fourth-order valence-corrected chi connectivity index (χ4v) is 2.90. The van der Waals surface area contributed by atoms with E-state index in [1.165, 1.54) is 11.6 Å². The van der Waals surface area contributed by atoms with Gasteiger partial charge in [0.2, 0.25) is 5.91 Å². The summed E-state index contributed by atoms with van der Waals surface area (Å²) < 4.78 is 13.8. The van der Waals surface area contributed by atoms with E-state index in [2.05, 4.69) is 17.4 Å². The number of hydrogen-bond acceptors (Lipinski definition) is 2. The maximum atomic E-state index is 13.8. The van der Waals surface area contributed by atoms with Crippen molar-refractivity contribution in [3.63, 3.8) is 0 Å². The van der Waals surface area contributed by atoms with Crippen molar-refractivity contribution in [2.75, 3.05) is 13.6 Å². The lowest BCUT2D eigenvalue weighted by molar-refractivity contribution is -0.122. The predicted octanol–water partition coefficient (Wildman–Crippen LogP) is 4.05. The molecular formula is C20H24ClFN2O. The average molecular weight is 363 g/mol. The number of benzene rings is 2. The monoisotopic (exact) mass is 362 g/mol. The van der Waals surface area contributed by atoms with Gasteiger partial charge in [0.1, 0.15) is 5.82 Å². The standard InChI is InChI=1S/C20H24ClFN2O/c1-15(11-12-16-7-4-3-5-8-16)23-20(25)14-24(2)13-17-18(21)9-6-10-19(17)22/h3-10,15H,11-14H2,1-2H3,(H,23,25)/t15-/m1/s1. The van der Waals surface area contributed by atoms with E-state index in [-0.39, 0.29) is 30.9 Å². The Morgan fingerprint density at radius 1 is 1.20 bits per heavy atom. The highest BCUT2D eigenvalue weighted by atomic mass is 35.5. The summed E-state index contributed by atoms with van der Waals surface area (Å²) >= 11 is 6.03. The highest BCUT2D eigenvalue weighted by molar-refractivity contribution is 6.31. The second kappa shape index (κ2) is 9.54. The minimum atomic E-state index is -0.351. The van der Waals surface area contributed by atoms with Gasteiger partial charge in [0.25, 0.3) is 0 Å². The topological polar surface area (TPSA) is 32.3 Å². The van der Waals surface area contributed by atoms with Crippen LogP contribution in [0.4, 0.5) is 4.39 Å². The number of carbonyl (C=O) groups excluding carboxylic acids is 1. The SMILES string of the molecule is C[C@H](CCc1ccccc1)NC(=O)CN(C)Cc1c(F)cccc1Cl. The number of rotatable bonds is 8. The second-order valence-electron chi connectivity index (χ2n) is 6.37. The Balaban J connectivity index is 1.77. The first kappa shape index (κ1) is 19.4. The van der Waals surface area contributed by atoms with Gasteiger partial charge in [-0.15, -0.1) is 0 Å². The van der Waals surface area contributed by atoms with Crippen molar-refractivity contribution in [2.45, 2.75) is 32.4 Å². The van der Waals surface area contributed by atoms with E-state index < -0.39 is 0 Å². The minimum Gasteiger partial charge on any atom is -0.353 e. The molecule has 1 amide bonds. The van der Waals surface area contributed by atoms with E-state index in [1.807, 2.05) is 25.1 Å². The highest BCUT2D eigenvalue weighted by Crippen LogP contribution is 2.20. The van der Waals surface area contributed by atoms with Gasteiger partial charge in [-0.2, -0.15) is 0 Å². The maximum Gasteiger partial charge on any atom is 0.234 e. The molecule has 1 atom stereocenters. The van der Waals surface area contributed by atoms with Crippen LogP contribution in [0.2, 0.25) is 5.02 Å². The van der Waals surface area contributed by atoms with Gasteiger partial charge in [-0.1, -0.05) is 48.0 Å². The van der Waals surface area contributed by atoms with Crippen LogP contribution in [-0.4, -0.2) is 30.4 Å². The third kappa shape index (κ3) is 6.48. The Kier molecular flexibility index (Phi) is 7.41. The second-order valence-corrected chi connectivity index (χ2v) is 6.77. The lowest BCUT2D eigenvalue weighted by atomic mass is 10.1. The van der Waals surface area contributed by atoms with Crippen molar-refractivity contribution in [3.05, 3.63) is 70.5 Å². The summed E-state index contributed by atoms with van der Waals surface area (Å²) in [4.78, 5) is 13.9. The lowest BCUT2D eigenvalue weighted by Crippen LogP contribution is -2.39. The molecule has 0 aromatic heterocycles. The summed E-state index contributed by atoms with van der Waals surface area (Å²) in [6.07, 6.45) is 1.79. The summed E-state index contributed by atoms with van der Waals surface area (Å²) in [5.74, 6) is -0.425. The van der Waals surface area contributed by atoms with Gasteiger partial charge in [0.05, 0.1) is 6.54 Å². The number of nitrogens with one attached hydrogen (secondary N) is 1. The first-order valence-corrected chi connectivity index (χ1v) is 8.78. The third-order valence-electron chi connectivity index (χ3n) is 4.02. The van der Waals surface area contributed by atoms with Gasteiger partial charge in [-0.05, 0) is 44.5 Å². The van der Waals surface area contributed by atoms with Gasteiger partial charge in [0.15, 0.2) is 0 Å². The van der Waals surface area contributed by atoms with Crippen molar-refractivity contribution in [1.29, 1.82) is 0 Å². The Labute approximate surface area is 153 Å². The summed E-state index contributed by atoms with van der Waals surface area (Å²) in [6, 6.07) is 14.9. The summed E-state index contributed by atoms with van der Waals surface area (Å²) in [6.45, 7) is 2.48. The predicted molar refractivity (Wildman–Crippen MR) is 100 cm³/mol. The van der Waals surface area contributed by atoms with Gasteiger partial charge < -0.3 is 5.32 Å². The average Bonchev–Trinajstić information content (AvgIpc) is 2.57. The number of likely N-dealkylation sites (N-methyl/N-ethyl adjacent to an activating group) is 1. The van der Waals surface area contributed by atoms with Crippen LogP contribution < -0.4 is 5.32 Å². The molecule has 0 aliphatic heterocycles. The van der Waals surface area contributed by atoms with Crippen molar-refractivity contribution in [1.82, 2.24) is 10.2 Å². The number of halogens is 2. The number of nitrogens with zero attached hydrogens (tertiary/aromatic N) is 1. The zero-order valence-corrected chi connectivity index (χ0v) is 15.4. The first-order chi connectivity index (χ1) is 12.0. The van der Waals surface area contributed by atoms with E-state index in [4.69, 9.17) is 11.6 Å². The molecule has 0 aliphatic carbocycles. The number of carbonyl (C=O) groups is 1. The largest absolute Gasteiger partial charge is 0.353 e. The van der Waals surface area contributed by atoms with E-state index in [0.29, 0.717) is 10.6 Å². The molecular weight excluding hydrogens is 339 g/mol. The molecule has 1 N–H and O–H groups in total. The Morgan fingerprint density at radius 2 is 1.92 bits per heavy atom. The van der Waals surface area contributed by atoms with E-state index >= 15 is 0 Å². The molecule has 0 spiro atoms. The van der Waals surface area contributed by atoms with Gasteiger partial charge >= 0.3 is 0 Å². The molecule has 3 nitrogen and oxygen atoms in total. The van der Waals surface area contributed by atoms with Crippen molar-refractivity contribution in [2.24, 2.45) is 0 Å². The van der Waals surface area contributed by atoms with Crippen LogP contribution in [0.5, 0.6) is 0 Å². The van der Waals surface area contributed by atoms with Crippen LogP contribution >= 0.6 is 11.6 Å². The summed E-state index contributed by atoms with van der Waals surface area (Å²) in [7, 11) is 1.77. The maximum absolute atomic E-state index is 13.8. The van der Waals surface area contributed by atoms with Crippen LogP contribution in [0.25, 0.3) is 0 Å². The minimum absolute atomic E-state index is 0.0736. The molecule has 0 radical (unpaired) electrons.